The first-order chi connectivity index (χ1) is 9.97. The summed E-state index contributed by atoms with van der Waals surface area (Å²) >= 11 is 0. The van der Waals surface area contributed by atoms with Crippen molar-refractivity contribution < 1.29 is 14.4 Å². The van der Waals surface area contributed by atoms with Crippen molar-refractivity contribution in [2.24, 2.45) is 0 Å². The predicted molar refractivity (Wildman–Crippen MR) is 76.7 cm³/mol. The summed E-state index contributed by atoms with van der Waals surface area (Å²) in [5.41, 5.74) is 2.77. The van der Waals surface area contributed by atoms with Crippen LogP contribution in [0.25, 0.3) is 0 Å². The van der Waals surface area contributed by atoms with E-state index in [0.717, 1.165) is 11.1 Å². The largest absolute Gasteiger partial charge is 0.334 e. The average Bonchev–Trinajstić information content (AvgIpc) is 2.69. The lowest BCUT2D eigenvalue weighted by molar-refractivity contribution is -0.144. The van der Waals surface area contributed by atoms with Crippen LogP contribution in [0.5, 0.6) is 0 Å². The van der Waals surface area contributed by atoms with Gasteiger partial charge < -0.3 is 4.90 Å². The van der Waals surface area contributed by atoms with Gasteiger partial charge >= 0.3 is 0 Å². The monoisotopic (exact) mass is 286 g/mol. The van der Waals surface area contributed by atoms with E-state index in [1.807, 2.05) is 32.0 Å². The zero-order chi connectivity index (χ0) is 15.1. The summed E-state index contributed by atoms with van der Waals surface area (Å²) in [5.74, 6) is -0.241. The van der Waals surface area contributed by atoms with Gasteiger partial charge in [-0.25, -0.2) is 0 Å². The van der Waals surface area contributed by atoms with Crippen molar-refractivity contribution >= 4 is 17.7 Å². The molecule has 2 aliphatic rings. The highest BCUT2D eigenvalue weighted by atomic mass is 16.2. The number of rotatable bonds is 2. The molecule has 2 aliphatic heterocycles. The lowest BCUT2D eigenvalue weighted by Crippen LogP contribution is -2.62. The molecule has 0 spiro atoms. The van der Waals surface area contributed by atoms with Gasteiger partial charge in [-0.15, -0.1) is 0 Å². The normalized spacial score (nSPS) is 19.1. The summed E-state index contributed by atoms with van der Waals surface area (Å²) < 4.78 is 0. The minimum atomic E-state index is -0.137. The molecule has 2 heterocycles. The van der Waals surface area contributed by atoms with Gasteiger partial charge in [0.1, 0.15) is 0 Å². The number of aryl methyl sites for hydroxylation is 2. The molecule has 2 fully saturated rings. The third-order valence-corrected chi connectivity index (χ3v) is 4.22. The second-order valence-corrected chi connectivity index (χ2v) is 5.84. The van der Waals surface area contributed by atoms with Gasteiger partial charge in [0.25, 0.3) is 5.91 Å². The zero-order valence-corrected chi connectivity index (χ0v) is 12.3. The summed E-state index contributed by atoms with van der Waals surface area (Å²) in [6.07, 6.45) is 0.612. The molecule has 0 aromatic heterocycles. The van der Waals surface area contributed by atoms with Crippen molar-refractivity contribution in [2.75, 3.05) is 13.1 Å². The number of likely N-dealkylation sites (tertiary alicyclic amines) is 2. The maximum Gasteiger partial charge on any atom is 0.254 e. The highest BCUT2D eigenvalue weighted by Gasteiger charge is 2.42. The summed E-state index contributed by atoms with van der Waals surface area (Å²) in [6.45, 7) is 4.81. The molecule has 0 bridgehead atoms. The second kappa shape index (κ2) is 4.98. The Kier molecular flexibility index (Phi) is 3.27. The Morgan fingerprint density at radius 2 is 1.71 bits per heavy atom. The standard InChI is InChI=1S/C16H18N2O3/c1-10-3-4-13(11(2)7-10)16(21)17-8-12(9-17)18-14(19)5-6-15(18)20/h3-4,7,12H,5-6,8-9H2,1-2H3. The fourth-order valence-corrected chi connectivity index (χ4v) is 3.01. The highest BCUT2D eigenvalue weighted by Crippen LogP contribution is 2.24. The highest BCUT2D eigenvalue weighted by molar-refractivity contribution is 6.03. The Balaban J connectivity index is 1.67. The lowest BCUT2D eigenvalue weighted by atomic mass is 10.0. The Labute approximate surface area is 123 Å². The maximum atomic E-state index is 12.4. The minimum absolute atomic E-state index is 0.0251. The van der Waals surface area contributed by atoms with Crippen LogP contribution in [0.15, 0.2) is 18.2 Å². The lowest BCUT2D eigenvalue weighted by Gasteiger charge is -2.43. The van der Waals surface area contributed by atoms with Crippen molar-refractivity contribution in [2.45, 2.75) is 32.7 Å². The Bertz CT molecular complexity index is 616. The summed E-state index contributed by atoms with van der Waals surface area (Å²) in [6, 6.07) is 5.61. The number of hydrogen-bond donors (Lipinski definition) is 0. The van der Waals surface area contributed by atoms with Gasteiger partial charge in [-0.3, -0.25) is 19.3 Å². The molecule has 3 amide bonds. The van der Waals surface area contributed by atoms with E-state index in [4.69, 9.17) is 0 Å². The maximum absolute atomic E-state index is 12.4. The third-order valence-electron chi connectivity index (χ3n) is 4.22. The fourth-order valence-electron chi connectivity index (χ4n) is 3.01. The Morgan fingerprint density at radius 1 is 1.10 bits per heavy atom. The Hall–Kier alpha value is -2.17. The summed E-state index contributed by atoms with van der Waals surface area (Å²) in [4.78, 5) is 38.8. The second-order valence-electron chi connectivity index (χ2n) is 5.84. The number of imide groups is 1. The smallest absolute Gasteiger partial charge is 0.254 e. The molecule has 5 heteroatoms. The van der Waals surface area contributed by atoms with Crippen LogP contribution in [0.2, 0.25) is 0 Å². The van der Waals surface area contributed by atoms with Crippen molar-refractivity contribution in [3.63, 3.8) is 0 Å². The molecule has 21 heavy (non-hydrogen) atoms. The predicted octanol–water partition coefficient (Wildman–Crippen LogP) is 1.28. The zero-order valence-electron chi connectivity index (χ0n) is 12.3. The van der Waals surface area contributed by atoms with E-state index < -0.39 is 0 Å². The Morgan fingerprint density at radius 3 is 2.29 bits per heavy atom. The van der Waals surface area contributed by atoms with Crippen LogP contribution in [0.1, 0.15) is 34.3 Å². The van der Waals surface area contributed by atoms with Gasteiger partial charge in [0.2, 0.25) is 11.8 Å². The molecule has 2 saturated heterocycles. The van der Waals surface area contributed by atoms with E-state index in [0.29, 0.717) is 31.5 Å². The van der Waals surface area contributed by atoms with Crippen molar-refractivity contribution in [1.29, 1.82) is 0 Å². The van der Waals surface area contributed by atoms with Crippen LogP contribution >= 0.6 is 0 Å². The van der Waals surface area contributed by atoms with Crippen molar-refractivity contribution in [3.8, 4) is 0 Å². The number of carbonyl (C=O) groups is 3. The molecule has 0 atom stereocenters. The van der Waals surface area contributed by atoms with Crippen LogP contribution in [0, 0.1) is 13.8 Å². The first kappa shape index (κ1) is 13.8. The van der Waals surface area contributed by atoms with E-state index in [-0.39, 0.29) is 23.8 Å². The molecule has 3 rings (SSSR count). The average molecular weight is 286 g/mol. The fraction of sp³-hybridized carbons (Fsp3) is 0.438. The molecule has 1 aromatic rings. The van der Waals surface area contributed by atoms with Gasteiger partial charge in [0.05, 0.1) is 6.04 Å². The van der Waals surface area contributed by atoms with Gasteiger partial charge in [0.15, 0.2) is 0 Å². The molecule has 0 radical (unpaired) electrons. The van der Waals surface area contributed by atoms with Gasteiger partial charge in [-0.05, 0) is 25.5 Å². The van der Waals surface area contributed by atoms with Crippen LogP contribution in [-0.4, -0.2) is 46.7 Å². The summed E-state index contributed by atoms with van der Waals surface area (Å²) in [7, 11) is 0. The number of nitrogens with zero attached hydrogens (tertiary/aromatic N) is 2. The van der Waals surface area contributed by atoms with Gasteiger partial charge in [0, 0.05) is 31.5 Å². The molecule has 0 saturated carbocycles. The number of amides is 3. The van der Waals surface area contributed by atoms with Crippen LogP contribution in [0.3, 0.4) is 0 Å². The van der Waals surface area contributed by atoms with E-state index >= 15 is 0 Å². The summed E-state index contributed by atoms with van der Waals surface area (Å²) in [5, 5.41) is 0. The SMILES string of the molecule is Cc1ccc(C(=O)N2CC(N3C(=O)CCC3=O)C2)c(C)c1. The molecule has 1 aromatic carbocycles. The van der Waals surface area contributed by atoms with E-state index in [9.17, 15) is 14.4 Å². The first-order valence-corrected chi connectivity index (χ1v) is 7.19. The number of benzene rings is 1. The minimum Gasteiger partial charge on any atom is -0.334 e. The molecule has 110 valence electrons. The van der Waals surface area contributed by atoms with Gasteiger partial charge in [-0.1, -0.05) is 17.7 Å². The molecule has 0 aliphatic carbocycles. The first-order valence-electron chi connectivity index (χ1n) is 7.19. The number of carbonyl (C=O) groups excluding carboxylic acids is 3. The van der Waals surface area contributed by atoms with Crippen LogP contribution in [-0.2, 0) is 9.59 Å². The van der Waals surface area contributed by atoms with Crippen molar-refractivity contribution in [1.82, 2.24) is 9.80 Å². The van der Waals surface area contributed by atoms with E-state index in [1.54, 1.807) is 4.90 Å². The van der Waals surface area contributed by atoms with Gasteiger partial charge in [-0.2, -0.15) is 0 Å². The van der Waals surface area contributed by atoms with E-state index in [1.165, 1.54) is 4.90 Å². The molecular weight excluding hydrogens is 268 g/mol. The topological polar surface area (TPSA) is 57.7 Å². The number of hydrogen-bond acceptors (Lipinski definition) is 3. The molecule has 5 nitrogen and oxygen atoms in total. The van der Waals surface area contributed by atoms with E-state index in [2.05, 4.69) is 0 Å². The van der Waals surface area contributed by atoms with Crippen molar-refractivity contribution in [3.05, 3.63) is 34.9 Å². The molecular formula is C16H18N2O3. The quantitative estimate of drug-likeness (QED) is 0.769. The van der Waals surface area contributed by atoms with Crippen LogP contribution in [0.4, 0.5) is 0 Å². The molecule has 0 N–H and O–H groups in total. The third kappa shape index (κ3) is 2.33. The van der Waals surface area contributed by atoms with Crippen LogP contribution < -0.4 is 0 Å². The molecule has 0 unspecified atom stereocenters.